The van der Waals surface area contributed by atoms with Crippen LogP contribution in [0, 0.1) is 0 Å². The molecule has 1 aliphatic rings. The van der Waals surface area contributed by atoms with Crippen molar-refractivity contribution in [1.29, 1.82) is 0 Å². The Morgan fingerprint density at radius 2 is 1.79 bits per heavy atom. The summed E-state index contributed by atoms with van der Waals surface area (Å²) in [4.78, 5) is 24.2. The van der Waals surface area contributed by atoms with E-state index in [9.17, 15) is 4.79 Å². The number of piperidine rings is 1. The van der Waals surface area contributed by atoms with Gasteiger partial charge in [-0.25, -0.2) is 9.97 Å². The Morgan fingerprint density at radius 1 is 1.04 bits per heavy atom. The molecule has 7 heteroatoms. The lowest BCUT2D eigenvalue weighted by molar-refractivity contribution is -0.113. The van der Waals surface area contributed by atoms with E-state index in [-0.39, 0.29) is 11.7 Å². The molecule has 1 saturated heterocycles. The Balaban J connectivity index is 1.51. The van der Waals surface area contributed by atoms with Crippen LogP contribution in [0.4, 0.5) is 11.6 Å². The molecule has 1 aromatic heterocycles. The number of nitrogens with zero attached hydrogens (tertiary/aromatic N) is 3. The van der Waals surface area contributed by atoms with Crippen molar-refractivity contribution in [1.82, 2.24) is 9.97 Å². The molecule has 1 fully saturated rings. The number of hydrogen-bond donors (Lipinski definition) is 1. The van der Waals surface area contributed by atoms with Gasteiger partial charge in [-0.15, -0.1) is 0 Å². The van der Waals surface area contributed by atoms with Crippen LogP contribution in [0.15, 0.2) is 53.6 Å². The molecule has 1 amide bonds. The smallest absolute Gasteiger partial charge is 0.234 e. The van der Waals surface area contributed by atoms with Crippen molar-refractivity contribution in [2.75, 3.05) is 29.1 Å². The van der Waals surface area contributed by atoms with Crippen LogP contribution in [0.5, 0.6) is 0 Å². The molecule has 3 aromatic rings. The predicted octanol–water partition coefficient (Wildman–Crippen LogP) is 5.00. The molecule has 0 saturated carbocycles. The molecule has 144 valence electrons. The monoisotopic (exact) mass is 412 g/mol. The van der Waals surface area contributed by atoms with Gasteiger partial charge in [0.2, 0.25) is 11.9 Å². The number of hydrogen-bond acceptors (Lipinski definition) is 5. The Labute approximate surface area is 173 Å². The standard InChI is InChI=1S/C21H21ClN4OS/c22-15-8-10-16(11-9-15)23-19(27)14-28-20-17-6-2-3-7-18(17)24-21(25-20)26-12-4-1-5-13-26/h2-3,6-11H,1,4-5,12-14H2,(H,23,27). The van der Waals surface area contributed by atoms with Gasteiger partial charge in [0.05, 0.1) is 11.3 Å². The van der Waals surface area contributed by atoms with Crippen LogP contribution in [0.1, 0.15) is 19.3 Å². The fraction of sp³-hybridized carbons (Fsp3) is 0.286. The largest absolute Gasteiger partial charge is 0.341 e. The van der Waals surface area contributed by atoms with Crippen LogP contribution < -0.4 is 10.2 Å². The first-order valence-corrected chi connectivity index (χ1v) is 10.8. The van der Waals surface area contributed by atoms with Gasteiger partial charge < -0.3 is 10.2 Å². The molecule has 0 bridgehead atoms. The summed E-state index contributed by atoms with van der Waals surface area (Å²) < 4.78 is 0. The lowest BCUT2D eigenvalue weighted by atomic mass is 10.1. The van der Waals surface area contributed by atoms with Crippen LogP contribution in [0.3, 0.4) is 0 Å². The van der Waals surface area contributed by atoms with Gasteiger partial charge in [0.15, 0.2) is 0 Å². The Kier molecular flexibility index (Phi) is 5.98. The zero-order valence-corrected chi connectivity index (χ0v) is 17.0. The molecule has 2 heterocycles. The van der Waals surface area contributed by atoms with E-state index in [0.717, 1.165) is 40.7 Å². The summed E-state index contributed by atoms with van der Waals surface area (Å²) in [5.74, 6) is 0.969. The second kappa shape index (κ2) is 8.80. The highest BCUT2D eigenvalue weighted by Gasteiger charge is 2.17. The van der Waals surface area contributed by atoms with Gasteiger partial charge >= 0.3 is 0 Å². The normalized spacial score (nSPS) is 14.2. The number of para-hydroxylation sites is 1. The van der Waals surface area contributed by atoms with E-state index in [1.54, 1.807) is 24.3 Å². The van der Waals surface area contributed by atoms with Crippen molar-refractivity contribution in [3.05, 3.63) is 53.6 Å². The molecule has 5 nitrogen and oxygen atoms in total. The van der Waals surface area contributed by atoms with E-state index in [1.807, 2.05) is 24.3 Å². The van der Waals surface area contributed by atoms with Crippen molar-refractivity contribution < 1.29 is 4.79 Å². The number of rotatable bonds is 5. The molecule has 28 heavy (non-hydrogen) atoms. The van der Waals surface area contributed by atoms with Crippen molar-refractivity contribution in [3.8, 4) is 0 Å². The fourth-order valence-electron chi connectivity index (χ4n) is 3.25. The predicted molar refractivity (Wildman–Crippen MR) is 116 cm³/mol. The quantitative estimate of drug-likeness (QED) is 0.471. The fourth-order valence-corrected chi connectivity index (χ4v) is 4.19. The topological polar surface area (TPSA) is 58.1 Å². The number of benzene rings is 2. The van der Waals surface area contributed by atoms with Gasteiger partial charge in [-0.3, -0.25) is 4.79 Å². The molecule has 0 atom stereocenters. The highest BCUT2D eigenvalue weighted by atomic mass is 35.5. The molecular formula is C21H21ClN4OS. The summed E-state index contributed by atoms with van der Waals surface area (Å²) >= 11 is 7.33. The first-order valence-electron chi connectivity index (χ1n) is 9.39. The first kappa shape index (κ1) is 19.0. The number of carbonyl (C=O) groups is 1. The van der Waals surface area contributed by atoms with E-state index in [4.69, 9.17) is 21.6 Å². The molecule has 1 N–H and O–H groups in total. The third-order valence-corrected chi connectivity index (χ3v) is 5.91. The van der Waals surface area contributed by atoms with Gasteiger partial charge in [-0.2, -0.15) is 0 Å². The summed E-state index contributed by atoms with van der Waals surface area (Å²) in [5, 5.41) is 5.36. The minimum absolute atomic E-state index is 0.0745. The molecule has 4 rings (SSSR count). The zero-order chi connectivity index (χ0) is 19.3. The van der Waals surface area contributed by atoms with Crippen molar-refractivity contribution in [2.24, 2.45) is 0 Å². The molecule has 0 aliphatic carbocycles. The van der Waals surface area contributed by atoms with Crippen LogP contribution in [0.25, 0.3) is 10.9 Å². The van der Waals surface area contributed by atoms with Crippen molar-refractivity contribution in [3.63, 3.8) is 0 Å². The maximum absolute atomic E-state index is 12.4. The van der Waals surface area contributed by atoms with Gasteiger partial charge in [-0.05, 0) is 49.6 Å². The number of fused-ring (bicyclic) bond motifs is 1. The Bertz CT molecular complexity index is 974. The number of thioether (sulfide) groups is 1. The average molecular weight is 413 g/mol. The number of halogens is 1. The second-order valence-corrected chi connectivity index (χ2v) is 8.14. The van der Waals surface area contributed by atoms with E-state index >= 15 is 0 Å². The molecule has 0 spiro atoms. The molecule has 1 aliphatic heterocycles. The number of amides is 1. The van der Waals surface area contributed by atoms with E-state index in [0.29, 0.717) is 5.02 Å². The number of aromatic nitrogens is 2. The molecule has 2 aromatic carbocycles. The summed E-state index contributed by atoms with van der Waals surface area (Å²) in [6.07, 6.45) is 3.60. The van der Waals surface area contributed by atoms with Gasteiger partial charge in [0.1, 0.15) is 5.03 Å². The van der Waals surface area contributed by atoms with Crippen LogP contribution in [0.2, 0.25) is 5.02 Å². The summed E-state index contributed by atoms with van der Waals surface area (Å²) in [7, 11) is 0. The third kappa shape index (κ3) is 4.56. The van der Waals surface area contributed by atoms with Crippen molar-refractivity contribution >= 4 is 51.8 Å². The first-order chi connectivity index (χ1) is 13.7. The van der Waals surface area contributed by atoms with Crippen LogP contribution in [-0.4, -0.2) is 34.7 Å². The van der Waals surface area contributed by atoms with E-state index < -0.39 is 0 Å². The van der Waals surface area contributed by atoms with Crippen LogP contribution >= 0.6 is 23.4 Å². The second-order valence-electron chi connectivity index (χ2n) is 6.74. The number of carbonyl (C=O) groups excluding carboxylic acids is 1. The molecule has 0 unspecified atom stereocenters. The van der Waals surface area contributed by atoms with E-state index in [1.165, 1.54) is 31.0 Å². The lowest BCUT2D eigenvalue weighted by Gasteiger charge is -2.27. The Morgan fingerprint density at radius 3 is 2.57 bits per heavy atom. The SMILES string of the molecule is O=C(CSc1nc(N2CCCCC2)nc2ccccc12)Nc1ccc(Cl)cc1. The number of anilines is 2. The lowest BCUT2D eigenvalue weighted by Crippen LogP contribution is -2.31. The minimum Gasteiger partial charge on any atom is -0.341 e. The Hall–Kier alpha value is -2.31. The third-order valence-electron chi connectivity index (χ3n) is 4.66. The highest BCUT2D eigenvalue weighted by molar-refractivity contribution is 8.00. The molecular weight excluding hydrogens is 392 g/mol. The van der Waals surface area contributed by atoms with Gasteiger partial charge in [0.25, 0.3) is 0 Å². The summed E-state index contributed by atoms with van der Waals surface area (Å²) in [5.41, 5.74) is 1.65. The zero-order valence-electron chi connectivity index (χ0n) is 15.4. The molecule has 0 radical (unpaired) electrons. The summed E-state index contributed by atoms with van der Waals surface area (Å²) in [6, 6.07) is 15.1. The van der Waals surface area contributed by atoms with Crippen LogP contribution in [-0.2, 0) is 4.79 Å². The average Bonchev–Trinajstić information content (AvgIpc) is 2.74. The highest BCUT2D eigenvalue weighted by Crippen LogP contribution is 2.28. The summed E-state index contributed by atoms with van der Waals surface area (Å²) in [6.45, 7) is 1.97. The van der Waals surface area contributed by atoms with Gasteiger partial charge in [-0.1, -0.05) is 41.6 Å². The van der Waals surface area contributed by atoms with Crippen molar-refractivity contribution in [2.45, 2.75) is 24.3 Å². The maximum atomic E-state index is 12.4. The number of nitrogens with one attached hydrogen (secondary N) is 1. The maximum Gasteiger partial charge on any atom is 0.234 e. The van der Waals surface area contributed by atoms with Gasteiger partial charge in [0, 0.05) is 29.2 Å². The van der Waals surface area contributed by atoms with E-state index in [2.05, 4.69) is 10.2 Å². The minimum atomic E-state index is -0.0745.